The number of alkyl halides is 3. The summed E-state index contributed by atoms with van der Waals surface area (Å²) in [6.07, 6.45) is 0.644. The number of halogens is 3. The van der Waals surface area contributed by atoms with E-state index in [2.05, 4.69) is 20.7 Å². The van der Waals surface area contributed by atoms with Crippen molar-refractivity contribution in [3.05, 3.63) is 41.0 Å². The van der Waals surface area contributed by atoms with Gasteiger partial charge in [0.25, 0.3) is 5.91 Å². The lowest BCUT2D eigenvalue weighted by molar-refractivity contribution is -0.137. The third-order valence-corrected chi connectivity index (χ3v) is 6.52. The molecule has 192 valence electrons. The van der Waals surface area contributed by atoms with Crippen molar-refractivity contribution in [2.24, 2.45) is 0 Å². The van der Waals surface area contributed by atoms with E-state index < -0.39 is 17.6 Å². The first kappa shape index (κ1) is 26.5. The molecule has 35 heavy (non-hydrogen) atoms. The number of likely N-dealkylation sites (N-methyl/N-ethyl adjacent to an activating group) is 1. The number of nitrogens with zero attached hydrogens (tertiary/aromatic N) is 2. The number of rotatable bonds is 6. The number of hydrogen-bond acceptors (Lipinski definition) is 8. The van der Waals surface area contributed by atoms with E-state index in [1.54, 1.807) is 0 Å². The van der Waals surface area contributed by atoms with Crippen LogP contribution < -0.4 is 22.1 Å². The van der Waals surface area contributed by atoms with Crippen LogP contribution in [0.5, 0.6) is 0 Å². The Morgan fingerprint density at radius 3 is 2.46 bits per heavy atom. The van der Waals surface area contributed by atoms with Crippen molar-refractivity contribution in [2.75, 3.05) is 38.1 Å². The smallest absolute Gasteiger partial charge is 0.381 e. The summed E-state index contributed by atoms with van der Waals surface area (Å²) in [7, 11) is 2.04. The highest BCUT2D eigenvalue weighted by Crippen LogP contribution is 2.40. The predicted molar refractivity (Wildman–Crippen MR) is 125 cm³/mol. The standard InChI is InChI=1S/C13H23N5O.C10H8F3NO2/c1-16-9-6-18(7-9)10-4-2-8(3-5-10)11-12(14)17-19-13(11)15;11-10(12,13)8-3-1-2-7(6-8)9(16)14-4-5-15/h8-10,16H,2-7,15H2,1H3,(H2,14,17);1-3,5-6H,4H2,(H,14,16). The van der Waals surface area contributed by atoms with Crippen LogP contribution in [-0.4, -0.2) is 61.0 Å². The van der Waals surface area contributed by atoms with Crippen LogP contribution in [0.4, 0.5) is 24.9 Å². The highest BCUT2D eigenvalue weighted by molar-refractivity contribution is 5.95. The normalized spacial score (nSPS) is 20.9. The van der Waals surface area contributed by atoms with Crippen LogP contribution in [-0.2, 0) is 11.0 Å². The molecule has 1 amide bonds. The van der Waals surface area contributed by atoms with E-state index in [1.165, 1.54) is 32.0 Å². The van der Waals surface area contributed by atoms with Gasteiger partial charge in [0.05, 0.1) is 17.7 Å². The maximum absolute atomic E-state index is 12.3. The van der Waals surface area contributed by atoms with Gasteiger partial charge < -0.3 is 31.4 Å². The van der Waals surface area contributed by atoms with Crippen molar-refractivity contribution in [1.29, 1.82) is 0 Å². The lowest BCUT2D eigenvalue weighted by Gasteiger charge is -2.46. The zero-order chi connectivity index (χ0) is 25.6. The average Bonchev–Trinajstić information content (AvgIpc) is 3.15. The number of nitrogens with two attached hydrogens (primary N) is 2. The summed E-state index contributed by atoms with van der Waals surface area (Å²) in [5.41, 5.74) is 11.6. The number of carbonyl (C=O) groups is 2. The molecule has 1 aromatic heterocycles. The minimum atomic E-state index is -4.49. The molecule has 1 aliphatic heterocycles. The molecule has 0 spiro atoms. The van der Waals surface area contributed by atoms with Crippen LogP contribution in [0, 0.1) is 0 Å². The molecule has 1 aliphatic carbocycles. The number of amides is 1. The molecule has 0 atom stereocenters. The average molecular weight is 497 g/mol. The molecule has 2 aliphatic rings. The van der Waals surface area contributed by atoms with Crippen molar-refractivity contribution in [2.45, 2.75) is 49.9 Å². The fraction of sp³-hybridized carbons (Fsp3) is 0.522. The summed E-state index contributed by atoms with van der Waals surface area (Å²) in [6, 6.07) is 5.40. The van der Waals surface area contributed by atoms with Gasteiger partial charge in [0.1, 0.15) is 6.29 Å². The molecule has 12 heteroatoms. The van der Waals surface area contributed by atoms with Crippen LogP contribution in [0.15, 0.2) is 28.8 Å². The molecule has 1 saturated carbocycles. The number of aldehydes is 1. The summed E-state index contributed by atoms with van der Waals surface area (Å²) >= 11 is 0. The highest BCUT2D eigenvalue weighted by Gasteiger charge is 2.35. The largest absolute Gasteiger partial charge is 0.416 e. The summed E-state index contributed by atoms with van der Waals surface area (Å²) < 4.78 is 41.9. The van der Waals surface area contributed by atoms with E-state index in [0.29, 0.717) is 29.9 Å². The first-order valence-electron chi connectivity index (χ1n) is 11.4. The van der Waals surface area contributed by atoms with Gasteiger partial charge in [-0.1, -0.05) is 11.2 Å². The number of aromatic nitrogens is 1. The topological polar surface area (TPSA) is 140 Å². The second-order valence-corrected chi connectivity index (χ2v) is 8.75. The van der Waals surface area contributed by atoms with Gasteiger partial charge in [0.2, 0.25) is 5.88 Å². The molecule has 1 saturated heterocycles. The number of anilines is 2. The molecule has 2 aromatic rings. The Kier molecular flexibility index (Phi) is 8.73. The minimum Gasteiger partial charge on any atom is -0.381 e. The Hall–Kier alpha value is -3.12. The van der Waals surface area contributed by atoms with Crippen molar-refractivity contribution in [3.63, 3.8) is 0 Å². The summed E-state index contributed by atoms with van der Waals surface area (Å²) in [4.78, 5) is 23.8. The molecule has 6 N–H and O–H groups in total. The molecule has 0 radical (unpaired) electrons. The lowest BCUT2D eigenvalue weighted by atomic mass is 9.80. The number of carbonyl (C=O) groups excluding carboxylic acids is 2. The number of nitrogens with one attached hydrogen (secondary N) is 2. The second-order valence-electron chi connectivity index (χ2n) is 8.75. The third kappa shape index (κ3) is 6.73. The summed E-state index contributed by atoms with van der Waals surface area (Å²) in [5.74, 6) is 0.586. The minimum absolute atomic E-state index is 0.128. The van der Waals surface area contributed by atoms with Crippen molar-refractivity contribution < 1.29 is 27.3 Å². The van der Waals surface area contributed by atoms with E-state index in [1.807, 2.05) is 7.05 Å². The van der Waals surface area contributed by atoms with Crippen LogP contribution in [0.25, 0.3) is 0 Å². The van der Waals surface area contributed by atoms with Crippen molar-refractivity contribution >= 4 is 23.9 Å². The van der Waals surface area contributed by atoms with Crippen LogP contribution in [0.1, 0.15) is 53.1 Å². The van der Waals surface area contributed by atoms with E-state index in [0.717, 1.165) is 42.6 Å². The maximum atomic E-state index is 12.3. The van der Waals surface area contributed by atoms with Gasteiger partial charge in [-0.3, -0.25) is 9.69 Å². The quantitative estimate of drug-likeness (QED) is 0.447. The fourth-order valence-electron chi connectivity index (χ4n) is 4.53. The summed E-state index contributed by atoms with van der Waals surface area (Å²) in [6.45, 7) is 2.14. The Morgan fingerprint density at radius 2 is 1.91 bits per heavy atom. The third-order valence-electron chi connectivity index (χ3n) is 6.52. The number of nitrogen functional groups attached to an aromatic ring is 2. The van der Waals surface area contributed by atoms with Gasteiger partial charge >= 0.3 is 6.18 Å². The monoisotopic (exact) mass is 496 g/mol. The molecular formula is C23H31F3N6O3. The Balaban J connectivity index is 0.000000199. The molecule has 0 unspecified atom stereocenters. The van der Waals surface area contributed by atoms with Gasteiger partial charge in [0, 0.05) is 30.7 Å². The fourth-order valence-corrected chi connectivity index (χ4v) is 4.53. The number of hydrogen-bond donors (Lipinski definition) is 4. The Bertz CT molecular complexity index is 979. The van der Waals surface area contributed by atoms with Gasteiger partial charge in [-0.05, 0) is 56.8 Å². The SMILES string of the molecule is CNC1CN(C2CCC(c3c(N)noc3N)CC2)C1.O=CCNC(=O)c1cccc(C(F)(F)F)c1. The van der Waals surface area contributed by atoms with E-state index in [-0.39, 0.29) is 12.1 Å². The van der Waals surface area contributed by atoms with Crippen LogP contribution >= 0.6 is 0 Å². The van der Waals surface area contributed by atoms with Gasteiger partial charge in [-0.15, -0.1) is 0 Å². The van der Waals surface area contributed by atoms with Gasteiger partial charge in [-0.2, -0.15) is 13.2 Å². The molecule has 2 fully saturated rings. The van der Waals surface area contributed by atoms with Gasteiger partial charge in [0.15, 0.2) is 5.82 Å². The van der Waals surface area contributed by atoms with Gasteiger partial charge in [-0.25, -0.2) is 0 Å². The zero-order valence-electron chi connectivity index (χ0n) is 19.5. The zero-order valence-corrected chi connectivity index (χ0v) is 19.5. The highest BCUT2D eigenvalue weighted by atomic mass is 19.4. The van der Waals surface area contributed by atoms with Crippen molar-refractivity contribution in [1.82, 2.24) is 20.7 Å². The van der Waals surface area contributed by atoms with Crippen LogP contribution in [0.2, 0.25) is 0 Å². The Labute approximate surface area is 201 Å². The Morgan fingerprint density at radius 1 is 1.23 bits per heavy atom. The molecule has 9 nitrogen and oxygen atoms in total. The molecule has 2 heterocycles. The van der Waals surface area contributed by atoms with Crippen molar-refractivity contribution in [3.8, 4) is 0 Å². The predicted octanol–water partition coefficient (Wildman–Crippen LogP) is 2.40. The first-order chi connectivity index (χ1) is 16.6. The summed E-state index contributed by atoms with van der Waals surface area (Å²) in [5, 5.41) is 9.23. The maximum Gasteiger partial charge on any atom is 0.416 e. The second kappa shape index (κ2) is 11.5. The molecular weight excluding hydrogens is 465 g/mol. The van der Waals surface area contributed by atoms with E-state index in [4.69, 9.17) is 16.0 Å². The van der Waals surface area contributed by atoms with E-state index >= 15 is 0 Å². The molecule has 0 bridgehead atoms. The van der Waals surface area contributed by atoms with E-state index in [9.17, 15) is 22.8 Å². The van der Waals surface area contributed by atoms with Crippen LogP contribution in [0.3, 0.4) is 0 Å². The molecule has 1 aromatic carbocycles. The number of likely N-dealkylation sites (tertiary alicyclic amines) is 1. The molecule has 4 rings (SSSR count). The number of benzene rings is 1. The first-order valence-corrected chi connectivity index (χ1v) is 11.4. The lowest BCUT2D eigenvalue weighted by Crippen LogP contribution is -2.60.